The first-order valence-corrected chi connectivity index (χ1v) is 4.00. The molecular weight excluding hydrogens is 310 g/mol. The zero-order valence-corrected chi connectivity index (χ0v) is 15.6. The summed E-state index contributed by atoms with van der Waals surface area (Å²) < 4.78 is 68.2. The maximum atomic E-state index is 8.52. The molecular formula is H4CaNa2O10S2. The standard InChI is InChI=1S/Ca.2Na.2H2O4S.2H2O/c;;;2*1-5(2,3)4;;/h;;;2*(H2,1,2,3,4);2*1H2/q+2;2*+1;;;;/p-4. The second-order valence-corrected chi connectivity index (χ2v) is 2.45. The Kier molecular flexibility index (Phi) is 55.3. The van der Waals surface area contributed by atoms with Gasteiger partial charge in [-0.2, -0.15) is 0 Å². The van der Waals surface area contributed by atoms with Gasteiger partial charge in [0.1, 0.15) is 0 Å². The first kappa shape index (κ1) is 43.0. The largest absolute Gasteiger partial charge is 2.00 e. The molecule has 0 unspecified atom stereocenters. The predicted octanol–water partition coefficient (Wildman–Crippen LogP) is -10.7. The van der Waals surface area contributed by atoms with Crippen LogP contribution in [0.15, 0.2) is 0 Å². The second kappa shape index (κ2) is 19.3. The summed E-state index contributed by atoms with van der Waals surface area (Å²) in [6, 6.07) is 0. The smallest absolute Gasteiger partial charge is 0.759 e. The molecule has 0 aliphatic carbocycles. The van der Waals surface area contributed by atoms with E-state index in [0.29, 0.717) is 0 Å². The molecule has 0 fully saturated rings. The van der Waals surface area contributed by atoms with E-state index in [4.69, 9.17) is 35.0 Å². The molecule has 0 rings (SSSR count). The van der Waals surface area contributed by atoms with Crippen LogP contribution in [-0.2, 0) is 20.8 Å². The van der Waals surface area contributed by atoms with E-state index in [1.54, 1.807) is 0 Å². The molecule has 15 heavy (non-hydrogen) atoms. The molecule has 0 aromatic carbocycles. The Balaban J connectivity index is -0.0000000128. The number of rotatable bonds is 0. The Hall–Kier alpha value is 2.92. The molecule has 4 N–H and O–H groups in total. The molecule has 0 aliphatic heterocycles. The fraction of sp³-hybridized carbons (Fsp3) is 0. The maximum Gasteiger partial charge on any atom is 2.00 e. The average Bonchev–Trinajstić information content (AvgIpc) is 1.12. The maximum absolute atomic E-state index is 8.52. The molecule has 0 heterocycles. The third-order valence-electron chi connectivity index (χ3n) is 0. The summed E-state index contributed by atoms with van der Waals surface area (Å²) in [6.07, 6.45) is 0. The molecule has 15 heteroatoms. The monoisotopic (exact) mass is 314 g/mol. The Bertz CT molecular complexity index is 218. The van der Waals surface area contributed by atoms with E-state index in [9.17, 15) is 0 Å². The van der Waals surface area contributed by atoms with Gasteiger partial charge in [0, 0.05) is 20.8 Å². The molecule has 0 saturated carbocycles. The van der Waals surface area contributed by atoms with Gasteiger partial charge in [0.15, 0.2) is 0 Å². The van der Waals surface area contributed by atoms with Crippen molar-refractivity contribution in [2.45, 2.75) is 0 Å². The van der Waals surface area contributed by atoms with Crippen molar-refractivity contribution >= 4 is 58.5 Å². The van der Waals surface area contributed by atoms with Gasteiger partial charge in [0.2, 0.25) is 0 Å². The van der Waals surface area contributed by atoms with Crippen LogP contribution < -0.4 is 59.1 Å². The summed E-state index contributed by atoms with van der Waals surface area (Å²) in [5, 5.41) is 0. The molecule has 0 saturated heterocycles. The van der Waals surface area contributed by atoms with Gasteiger partial charge in [-0.25, -0.2) is 0 Å². The van der Waals surface area contributed by atoms with E-state index in [0.717, 1.165) is 0 Å². The SMILES string of the molecule is O.O.O=S(=O)([O-])[O-].O=S(=O)([O-])[O-].[Ca+2].[Na+].[Na+]. The van der Waals surface area contributed by atoms with E-state index >= 15 is 0 Å². The van der Waals surface area contributed by atoms with Crippen LogP contribution in [0.5, 0.6) is 0 Å². The minimum atomic E-state index is -5.17. The van der Waals surface area contributed by atoms with Crippen LogP contribution in [0.1, 0.15) is 0 Å². The summed E-state index contributed by atoms with van der Waals surface area (Å²) >= 11 is 0. The van der Waals surface area contributed by atoms with Crippen molar-refractivity contribution in [1.82, 2.24) is 0 Å². The van der Waals surface area contributed by atoms with Gasteiger partial charge in [-0.1, -0.05) is 0 Å². The van der Waals surface area contributed by atoms with Crippen molar-refractivity contribution < 1.29 is 105 Å². The Morgan fingerprint density at radius 1 is 0.600 bits per heavy atom. The fourth-order valence-electron chi connectivity index (χ4n) is 0. The summed E-state index contributed by atoms with van der Waals surface area (Å²) in [5.41, 5.74) is 0. The molecule has 0 aromatic heterocycles. The third-order valence-corrected chi connectivity index (χ3v) is 0. The second-order valence-electron chi connectivity index (χ2n) is 0.816. The van der Waals surface area contributed by atoms with Crippen LogP contribution in [0.3, 0.4) is 0 Å². The molecule has 80 valence electrons. The van der Waals surface area contributed by atoms with E-state index in [2.05, 4.69) is 0 Å². The van der Waals surface area contributed by atoms with Crippen LogP contribution in [-0.4, -0.2) is 83.7 Å². The minimum Gasteiger partial charge on any atom is -0.759 e. The molecule has 10 nitrogen and oxygen atoms in total. The van der Waals surface area contributed by atoms with Gasteiger partial charge in [-0.15, -0.1) is 0 Å². The van der Waals surface area contributed by atoms with Crippen molar-refractivity contribution in [2.75, 3.05) is 0 Å². The molecule has 0 spiro atoms. The van der Waals surface area contributed by atoms with Crippen molar-refractivity contribution in [1.29, 1.82) is 0 Å². The first-order valence-electron chi connectivity index (χ1n) is 1.33. The molecule has 0 radical (unpaired) electrons. The molecule has 0 aliphatic rings. The number of hydrogen-bond donors (Lipinski definition) is 0. The van der Waals surface area contributed by atoms with Crippen LogP contribution in [0, 0.1) is 0 Å². The van der Waals surface area contributed by atoms with Crippen LogP contribution in [0.2, 0.25) is 0 Å². The zero-order chi connectivity index (χ0) is 9.00. The fourth-order valence-corrected chi connectivity index (χ4v) is 0. The van der Waals surface area contributed by atoms with Gasteiger partial charge in [-0.3, -0.25) is 16.8 Å². The van der Waals surface area contributed by atoms with Gasteiger partial charge in [0.25, 0.3) is 0 Å². The Morgan fingerprint density at radius 2 is 0.600 bits per heavy atom. The zero-order valence-electron chi connectivity index (χ0n) is 7.79. The summed E-state index contributed by atoms with van der Waals surface area (Å²) in [4.78, 5) is 0. The number of hydrogen-bond acceptors (Lipinski definition) is 8. The quantitative estimate of drug-likeness (QED) is 0.236. The molecule has 0 aromatic rings. The summed E-state index contributed by atoms with van der Waals surface area (Å²) in [6.45, 7) is 0. The van der Waals surface area contributed by atoms with Crippen molar-refractivity contribution in [2.24, 2.45) is 0 Å². The van der Waals surface area contributed by atoms with E-state index < -0.39 is 20.8 Å². The van der Waals surface area contributed by atoms with Gasteiger partial charge in [-0.05, 0) is 0 Å². The topological polar surface area (TPSA) is 224 Å². The normalized spacial score (nSPS) is 7.73. The van der Waals surface area contributed by atoms with Crippen molar-refractivity contribution in [3.63, 3.8) is 0 Å². The van der Waals surface area contributed by atoms with E-state index in [1.165, 1.54) is 0 Å². The van der Waals surface area contributed by atoms with Crippen LogP contribution >= 0.6 is 0 Å². The van der Waals surface area contributed by atoms with E-state index in [-0.39, 0.29) is 108 Å². The van der Waals surface area contributed by atoms with Gasteiger partial charge < -0.3 is 29.2 Å². The minimum absolute atomic E-state index is 0. The van der Waals surface area contributed by atoms with Crippen molar-refractivity contribution in [3.8, 4) is 0 Å². The third kappa shape index (κ3) is 442. The van der Waals surface area contributed by atoms with Crippen LogP contribution in [0.4, 0.5) is 0 Å². The van der Waals surface area contributed by atoms with Gasteiger partial charge >= 0.3 is 96.9 Å². The predicted molar refractivity (Wildman–Crippen MR) is 33.9 cm³/mol. The first-order chi connectivity index (χ1) is 4.00. The van der Waals surface area contributed by atoms with Crippen molar-refractivity contribution in [3.05, 3.63) is 0 Å². The molecule has 0 bridgehead atoms. The average molecular weight is 314 g/mol. The summed E-state index contributed by atoms with van der Waals surface area (Å²) in [5.74, 6) is 0. The van der Waals surface area contributed by atoms with Gasteiger partial charge in [0.05, 0.1) is 0 Å². The van der Waals surface area contributed by atoms with E-state index in [1.807, 2.05) is 0 Å². The summed E-state index contributed by atoms with van der Waals surface area (Å²) in [7, 11) is -10.3. The van der Waals surface area contributed by atoms with Crippen LogP contribution in [0.25, 0.3) is 0 Å². The molecule has 0 amide bonds. The Labute approximate surface area is 161 Å². The Morgan fingerprint density at radius 3 is 0.600 bits per heavy atom. The molecule has 0 atom stereocenters.